The van der Waals surface area contributed by atoms with E-state index in [0.29, 0.717) is 11.2 Å². The summed E-state index contributed by atoms with van der Waals surface area (Å²) >= 11 is 0. The molecule has 0 spiro atoms. The Hall–Kier alpha value is -7.42. The first-order valence-electron chi connectivity index (χ1n) is 25.1. The summed E-state index contributed by atoms with van der Waals surface area (Å²) in [6.45, 7) is 26.4. The van der Waals surface area contributed by atoms with Crippen LogP contribution in [0.4, 0.5) is 0 Å². The average molecular weight is 957 g/mol. The van der Waals surface area contributed by atoms with Gasteiger partial charge < -0.3 is 8.39 Å². The second-order valence-corrected chi connectivity index (χ2v) is 21.7. The van der Waals surface area contributed by atoms with E-state index in [1.807, 2.05) is 0 Å². The number of hydrogen-bond acceptors (Lipinski definition) is 3. The SMILES string of the molecule is Cc1cc(C)c(-c2cc(-c3c(C)cc(C)cc3C)cc(-c3cc4ccccc4c4c3op(O)oc3c(-c5cc(-c6c(C)cc(C)cc6C)cc(-c6c(C)cc(C)cc6C)c5)cc5ccccc5c34)c2)c(C)c1. The summed E-state index contributed by atoms with van der Waals surface area (Å²) in [4.78, 5) is 12.4. The zero-order valence-corrected chi connectivity index (χ0v) is 44.5. The van der Waals surface area contributed by atoms with Gasteiger partial charge >= 0.3 is 8.24 Å². The van der Waals surface area contributed by atoms with Crippen LogP contribution in [-0.4, -0.2) is 4.89 Å². The van der Waals surface area contributed by atoms with Gasteiger partial charge in [0.1, 0.15) is 0 Å². The molecule has 72 heavy (non-hydrogen) atoms. The van der Waals surface area contributed by atoms with Crippen molar-refractivity contribution in [3.63, 3.8) is 0 Å². The van der Waals surface area contributed by atoms with Gasteiger partial charge in [-0.1, -0.05) is 119 Å². The number of rotatable bonds is 6. The van der Waals surface area contributed by atoms with Crippen molar-refractivity contribution in [3.05, 3.63) is 212 Å². The first kappa shape index (κ1) is 46.9. The summed E-state index contributed by atoms with van der Waals surface area (Å²) < 4.78 is 13.9. The molecule has 3 nitrogen and oxygen atoms in total. The molecular weight excluding hydrogens is 896 g/mol. The molecule has 11 aromatic rings. The largest absolute Gasteiger partial charge is 0.398 e. The molecule has 1 heterocycles. The van der Waals surface area contributed by atoms with Crippen molar-refractivity contribution in [1.82, 2.24) is 0 Å². The third kappa shape index (κ3) is 8.16. The van der Waals surface area contributed by atoms with Crippen LogP contribution >= 0.6 is 8.24 Å². The molecule has 11 rings (SSSR count). The fraction of sp³-hybridized carbons (Fsp3) is 0.176. The lowest BCUT2D eigenvalue weighted by Gasteiger charge is -2.19. The van der Waals surface area contributed by atoms with Crippen LogP contribution in [0.3, 0.4) is 0 Å². The zero-order valence-electron chi connectivity index (χ0n) is 43.6. The van der Waals surface area contributed by atoms with E-state index >= 15 is 0 Å². The average Bonchev–Trinajstić information content (AvgIpc) is 3.46. The molecular formula is C68H61O3P. The van der Waals surface area contributed by atoms with E-state index in [0.717, 1.165) is 76.8 Å². The molecule has 0 fully saturated rings. The van der Waals surface area contributed by atoms with Crippen molar-refractivity contribution in [1.29, 1.82) is 0 Å². The molecule has 10 aromatic carbocycles. The van der Waals surface area contributed by atoms with Gasteiger partial charge in [-0.25, -0.2) is 0 Å². The van der Waals surface area contributed by atoms with E-state index in [1.165, 1.54) is 89.0 Å². The lowest BCUT2D eigenvalue weighted by molar-refractivity contribution is 0.496. The Morgan fingerprint density at radius 1 is 0.306 bits per heavy atom. The van der Waals surface area contributed by atoms with E-state index < -0.39 is 8.24 Å². The Morgan fingerprint density at radius 2 is 0.556 bits per heavy atom. The summed E-state index contributed by atoms with van der Waals surface area (Å²) in [5.41, 5.74) is 29.3. The maximum absolute atomic E-state index is 12.4. The Morgan fingerprint density at radius 3 is 0.833 bits per heavy atom. The lowest BCUT2D eigenvalue weighted by Crippen LogP contribution is -1.95. The monoisotopic (exact) mass is 956 g/mol. The predicted octanol–water partition coefficient (Wildman–Crippen LogP) is 20.1. The Labute approximate surface area is 425 Å². The van der Waals surface area contributed by atoms with Gasteiger partial charge in [-0.15, -0.1) is 0 Å². The topological polar surface area (TPSA) is 46.5 Å². The highest BCUT2D eigenvalue weighted by Crippen LogP contribution is 2.49. The normalized spacial score (nSPS) is 11.7. The molecule has 0 amide bonds. The van der Waals surface area contributed by atoms with Crippen molar-refractivity contribution in [3.8, 4) is 66.8 Å². The highest BCUT2D eigenvalue weighted by Gasteiger charge is 2.23. The molecule has 0 atom stereocenters. The van der Waals surface area contributed by atoms with Gasteiger partial charge in [0.15, 0.2) is 11.2 Å². The highest BCUT2D eigenvalue weighted by atomic mass is 31.1. The van der Waals surface area contributed by atoms with E-state index in [9.17, 15) is 4.89 Å². The van der Waals surface area contributed by atoms with Crippen molar-refractivity contribution in [2.24, 2.45) is 0 Å². The molecule has 0 aliphatic rings. The summed E-state index contributed by atoms with van der Waals surface area (Å²) in [6, 6.07) is 53.9. The summed E-state index contributed by atoms with van der Waals surface area (Å²) in [5.74, 6) is 0. The molecule has 0 unspecified atom stereocenters. The van der Waals surface area contributed by atoms with Crippen molar-refractivity contribution in [2.75, 3.05) is 0 Å². The lowest BCUT2D eigenvalue weighted by atomic mass is 9.85. The summed E-state index contributed by atoms with van der Waals surface area (Å²) in [7, 11) is -2.48. The van der Waals surface area contributed by atoms with Gasteiger partial charge in [0.05, 0.1) is 0 Å². The Kier molecular flexibility index (Phi) is 11.7. The van der Waals surface area contributed by atoms with Crippen LogP contribution in [0.1, 0.15) is 66.8 Å². The third-order valence-electron chi connectivity index (χ3n) is 14.9. The molecule has 356 valence electrons. The maximum atomic E-state index is 12.4. The van der Waals surface area contributed by atoms with Gasteiger partial charge in [-0.2, -0.15) is 0 Å². The van der Waals surface area contributed by atoms with Crippen LogP contribution in [-0.2, 0) is 0 Å². The quantitative estimate of drug-likeness (QED) is 0.181. The van der Waals surface area contributed by atoms with E-state index in [4.69, 9.17) is 8.39 Å². The molecule has 0 saturated carbocycles. The molecule has 0 radical (unpaired) electrons. The van der Waals surface area contributed by atoms with Crippen molar-refractivity contribution < 1.29 is 13.3 Å². The number of benzene rings is 10. The molecule has 4 heteroatoms. The summed E-state index contributed by atoms with van der Waals surface area (Å²) in [5, 5.41) is 5.98. The molecule has 0 saturated heterocycles. The van der Waals surface area contributed by atoms with E-state index in [2.05, 4.69) is 229 Å². The van der Waals surface area contributed by atoms with Crippen LogP contribution in [0.15, 0.2) is 154 Å². The van der Waals surface area contributed by atoms with Gasteiger partial charge in [0, 0.05) is 21.9 Å². The minimum atomic E-state index is -2.48. The molecule has 1 N–H and O–H groups in total. The van der Waals surface area contributed by atoms with Crippen LogP contribution in [0, 0.1) is 83.1 Å². The second kappa shape index (κ2) is 18.0. The van der Waals surface area contributed by atoms with Gasteiger partial charge in [-0.05, 0) is 253 Å². The van der Waals surface area contributed by atoms with Crippen LogP contribution < -0.4 is 0 Å². The number of aryl methyl sites for hydroxylation is 12. The van der Waals surface area contributed by atoms with Crippen LogP contribution in [0.5, 0.6) is 0 Å². The molecule has 1 aromatic heterocycles. The van der Waals surface area contributed by atoms with Gasteiger partial charge in [0.25, 0.3) is 0 Å². The van der Waals surface area contributed by atoms with E-state index in [1.54, 1.807) is 0 Å². The molecule has 0 aliphatic heterocycles. The smallest absolute Gasteiger partial charge is 0.384 e. The fourth-order valence-corrected chi connectivity index (χ4v) is 13.4. The first-order valence-corrected chi connectivity index (χ1v) is 26.2. The van der Waals surface area contributed by atoms with Crippen LogP contribution in [0.25, 0.3) is 110 Å². The predicted molar refractivity (Wildman–Crippen MR) is 308 cm³/mol. The van der Waals surface area contributed by atoms with E-state index in [-0.39, 0.29) is 0 Å². The standard InChI is InChI=1S/C68H61O3P/c1-37-21-41(5)61(42(6)22-37)53-29-51(30-54(33-53)62-43(7)23-38(2)24-44(62)8)59-35-49-17-13-15-19-57(49)65-66-58-20-16-14-18-50(58)36-60(68(66)71-72(69)70-67(59)65)52-31-55(63-45(9)25-39(3)26-46(63)10)34-56(32-52)64-47(11)27-40(4)28-48(64)12/h13-36,69H,1-12H3. The minimum absolute atomic E-state index is 0.604. The van der Waals surface area contributed by atoms with Gasteiger partial charge in [-0.3, -0.25) is 4.89 Å². The van der Waals surface area contributed by atoms with Crippen LogP contribution in [0.2, 0.25) is 0 Å². The number of hydrogen-bond donors (Lipinski definition) is 1. The van der Waals surface area contributed by atoms with Crippen molar-refractivity contribution in [2.45, 2.75) is 83.1 Å². The minimum Gasteiger partial charge on any atom is -0.398 e. The first-order chi connectivity index (χ1) is 34.5. The molecule has 0 bridgehead atoms. The molecule has 0 aliphatic carbocycles. The third-order valence-corrected chi connectivity index (χ3v) is 15.6. The van der Waals surface area contributed by atoms with Crippen molar-refractivity contribution >= 4 is 51.7 Å². The Balaban J connectivity index is 1.29. The second-order valence-electron chi connectivity index (χ2n) is 20.8. The Bertz CT molecular complexity index is 3620. The fourth-order valence-electron chi connectivity index (χ4n) is 12.6. The summed E-state index contributed by atoms with van der Waals surface area (Å²) in [6.07, 6.45) is 0. The van der Waals surface area contributed by atoms with Gasteiger partial charge in [0.2, 0.25) is 0 Å². The zero-order chi connectivity index (χ0) is 50.4. The maximum Gasteiger partial charge on any atom is 0.384 e. The number of fused-ring (bicyclic) bond motifs is 7. The highest BCUT2D eigenvalue weighted by molar-refractivity contribution is 7.30.